The molecule has 0 saturated carbocycles. The van der Waals surface area contributed by atoms with Gasteiger partial charge in [0.2, 0.25) is 0 Å². The van der Waals surface area contributed by atoms with Gasteiger partial charge in [0, 0.05) is 12.7 Å². The maximum Gasteiger partial charge on any atom is 0.485 e. The van der Waals surface area contributed by atoms with Crippen LogP contribution in [0, 0.1) is 0 Å². The number of rotatable bonds is 16. The lowest BCUT2D eigenvalue weighted by atomic mass is 9.89. The van der Waals surface area contributed by atoms with Crippen LogP contribution in [0.4, 0.5) is 0 Å². The van der Waals surface area contributed by atoms with E-state index < -0.39 is 0 Å². The first-order chi connectivity index (χ1) is 10.3. The molecule has 0 spiro atoms. The molecule has 0 aliphatic carbocycles. The van der Waals surface area contributed by atoms with E-state index >= 15 is 0 Å². The van der Waals surface area contributed by atoms with Gasteiger partial charge in [-0.2, -0.15) is 0 Å². The molecule has 0 amide bonds. The largest absolute Gasteiger partial charge is 0.485 e. The molecule has 0 aliphatic rings. The van der Waals surface area contributed by atoms with Gasteiger partial charge < -0.3 is 9.31 Å². The molecule has 0 aliphatic heterocycles. The van der Waals surface area contributed by atoms with Gasteiger partial charge in [0.1, 0.15) is 0 Å². The molecule has 0 radical (unpaired) electrons. The molecule has 1 unspecified atom stereocenters. The lowest BCUT2D eigenvalue weighted by Crippen LogP contribution is -2.28. The van der Waals surface area contributed by atoms with Crippen molar-refractivity contribution < 1.29 is 9.31 Å². The highest BCUT2D eigenvalue weighted by Crippen LogP contribution is 2.14. The number of hydrogen-bond acceptors (Lipinski definition) is 2. The summed E-state index contributed by atoms with van der Waals surface area (Å²) in [5, 5.41) is 0. The second-order valence-corrected chi connectivity index (χ2v) is 5.67. The van der Waals surface area contributed by atoms with E-state index in [1.807, 2.05) is 6.08 Å². The summed E-state index contributed by atoms with van der Waals surface area (Å²) < 4.78 is 11.8. The van der Waals surface area contributed by atoms with Gasteiger partial charge in [0.25, 0.3) is 0 Å². The Morgan fingerprint density at radius 3 is 2.19 bits per heavy atom. The molecule has 0 heterocycles. The first-order valence-corrected chi connectivity index (χ1v) is 8.78. The summed E-state index contributed by atoms with van der Waals surface area (Å²) in [5.74, 6) is 1.77. The minimum Gasteiger partial charge on any atom is -0.408 e. The topological polar surface area (TPSA) is 18.5 Å². The van der Waals surface area contributed by atoms with Crippen molar-refractivity contribution in [3.8, 4) is 0 Å². The minimum absolute atomic E-state index is 0.206. The van der Waals surface area contributed by atoms with E-state index in [2.05, 4.69) is 27.0 Å². The molecule has 0 aromatic carbocycles. The normalized spacial score (nSPS) is 12.1. The van der Waals surface area contributed by atoms with Gasteiger partial charge in [-0.3, -0.25) is 0 Å². The molecule has 0 aromatic heterocycles. The fourth-order valence-electron chi connectivity index (χ4n) is 2.31. The summed E-state index contributed by atoms with van der Waals surface area (Å²) in [6.45, 7) is 12.9. The Morgan fingerprint density at radius 1 is 0.952 bits per heavy atom. The molecule has 0 aromatic rings. The summed E-state index contributed by atoms with van der Waals surface area (Å²) in [6.07, 6.45) is 14.0. The molecule has 0 bridgehead atoms. The maximum atomic E-state index is 6.02. The Bertz CT molecular complexity index is 243. The van der Waals surface area contributed by atoms with Crippen molar-refractivity contribution >= 4 is 7.12 Å². The molecule has 0 saturated heterocycles. The minimum atomic E-state index is -0.275. The van der Waals surface area contributed by atoms with Crippen LogP contribution in [0.2, 0.25) is 0 Å². The Kier molecular flexibility index (Phi) is 15.4. The molecule has 2 nitrogen and oxygen atoms in total. The molecular weight excluding hydrogens is 259 g/mol. The smallest absolute Gasteiger partial charge is 0.408 e. The molecule has 0 fully saturated rings. The third-order valence-electron chi connectivity index (χ3n) is 3.61. The van der Waals surface area contributed by atoms with Crippen molar-refractivity contribution in [3.05, 3.63) is 25.2 Å². The SMILES string of the molecule is C=CCC(CCCCCC)OB(C=C)OCCCCCC. The first kappa shape index (κ1) is 20.5. The monoisotopic (exact) mass is 294 g/mol. The van der Waals surface area contributed by atoms with Crippen molar-refractivity contribution in [1.82, 2.24) is 0 Å². The zero-order chi connectivity index (χ0) is 15.8. The van der Waals surface area contributed by atoms with E-state index in [4.69, 9.17) is 9.31 Å². The second kappa shape index (κ2) is 15.8. The Hall–Kier alpha value is -0.535. The van der Waals surface area contributed by atoms with E-state index in [9.17, 15) is 0 Å². The zero-order valence-corrected chi connectivity index (χ0v) is 14.3. The highest BCUT2D eigenvalue weighted by molar-refractivity contribution is 6.50. The van der Waals surface area contributed by atoms with Gasteiger partial charge in [-0.1, -0.05) is 70.8 Å². The van der Waals surface area contributed by atoms with Crippen molar-refractivity contribution in [2.75, 3.05) is 6.61 Å². The predicted octanol–water partition coefficient (Wildman–Crippen LogP) is 5.73. The Morgan fingerprint density at radius 2 is 1.62 bits per heavy atom. The fourth-order valence-corrected chi connectivity index (χ4v) is 2.31. The van der Waals surface area contributed by atoms with Crippen molar-refractivity contribution in [2.45, 2.75) is 84.2 Å². The molecule has 21 heavy (non-hydrogen) atoms. The third-order valence-corrected chi connectivity index (χ3v) is 3.61. The summed E-state index contributed by atoms with van der Waals surface area (Å²) in [4.78, 5) is 0. The quantitative estimate of drug-likeness (QED) is 0.206. The Labute approximate surface area is 133 Å². The van der Waals surface area contributed by atoms with E-state index in [1.165, 1.54) is 44.9 Å². The number of unbranched alkanes of at least 4 members (excludes halogenated alkanes) is 6. The molecule has 1 atom stereocenters. The summed E-state index contributed by atoms with van der Waals surface area (Å²) in [5.41, 5.74) is 0. The van der Waals surface area contributed by atoms with Gasteiger partial charge in [-0.05, 0) is 19.3 Å². The molecule has 0 N–H and O–H groups in total. The van der Waals surface area contributed by atoms with E-state index in [-0.39, 0.29) is 13.2 Å². The first-order valence-electron chi connectivity index (χ1n) is 8.78. The highest BCUT2D eigenvalue weighted by atomic mass is 16.6. The van der Waals surface area contributed by atoms with Crippen LogP contribution in [0.3, 0.4) is 0 Å². The molecular formula is C18H35BO2. The maximum absolute atomic E-state index is 6.02. The summed E-state index contributed by atoms with van der Waals surface area (Å²) >= 11 is 0. The highest BCUT2D eigenvalue weighted by Gasteiger charge is 2.18. The van der Waals surface area contributed by atoms with Crippen LogP contribution >= 0.6 is 0 Å². The van der Waals surface area contributed by atoms with Gasteiger partial charge in [-0.25, -0.2) is 0 Å². The average Bonchev–Trinajstić information content (AvgIpc) is 2.50. The average molecular weight is 294 g/mol. The number of hydrogen-bond donors (Lipinski definition) is 0. The molecule has 122 valence electrons. The fraction of sp³-hybridized carbons (Fsp3) is 0.778. The van der Waals surface area contributed by atoms with Crippen LogP contribution in [0.25, 0.3) is 0 Å². The lowest BCUT2D eigenvalue weighted by molar-refractivity contribution is 0.133. The van der Waals surface area contributed by atoms with Crippen LogP contribution in [0.5, 0.6) is 0 Å². The summed E-state index contributed by atoms with van der Waals surface area (Å²) in [6, 6.07) is 0. The van der Waals surface area contributed by atoms with Crippen LogP contribution in [0.15, 0.2) is 25.2 Å². The standard InChI is InChI=1S/C18H35BO2/c1-5-9-11-13-16-18(15-7-3)21-19(8-4)20-17-14-12-10-6-2/h7-8,18H,3-6,9-17H2,1-2H3. The van der Waals surface area contributed by atoms with Crippen molar-refractivity contribution in [2.24, 2.45) is 0 Å². The zero-order valence-electron chi connectivity index (χ0n) is 14.3. The predicted molar refractivity (Wildman–Crippen MR) is 94.5 cm³/mol. The van der Waals surface area contributed by atoms with E-state index in [0.717, 1.165) is 25.9 Å². The van der Waals surface area contributed by atoms with Crippen LogP contribution in [-0.2, 0) is 9.31 Å². The van der Waals surface area contributed by atoms with Crippen LogP contribution < -0.4 is 0 Å². The van der Waals surface area contributed by atoms with Crippen molar-refractivity contribution in [3.63, 3.8) is 0 Å². The van der Waals surface area contributed by atoms with Crippen molar-refractivity contribution in [1.29, 1.82) is 0 Å². The van der Waals surface area contributed by atoms with E-state index in [1.54, 1.807) is 5.98 Å². The van der Waals surface area contributed by atoms with Gasteiger partial charge in [0.05, 0.1) is 0 Å². The van der Waals surface area contributed by atoms with Crippen LogP contribution in [-0.4, -0.2) is 19.8 Å². The molecule has 0 rings (SSSR count). The third kappa shape index (κ3) is 12.9. The van der Waals surface area contributed by atoms with Gasteiger partial charge in [0.15, 0.2) is 0 Å². The Balaban J connectivity index is 3.93. The second-order valence-electron chi connectivity index (χ2n) is 5.67. The van der Waals surface area contributed by atoms with E-state index in [0.29, 0.717) is 0 Å². The van der Waals surface area contributed by atoms with Gasteiger partial charge in [-0.15, -0.1) is 13.2 Å². The summed E-state index contributed by atoms with van der Waals surface area (Å²) in [7, 11) is -0.275. The van der Waals surface area contributed by atoms with Crippen LogP contribution in [0.1, 0.15) is 78.1 Å². The lowest BCUT2D eigenvalue weighted by Gasteiger charge is -2.20. The van der Waals surface area contributed by atoms with Gasteiger partial charge >= 0.3 is 7.12 Å². The molecule has 3 heteroatoms.